The van der Waals surface area contributed by atoms with Gasteiger partial charge in [-0.15, -0.1) is 0 Å². The first-order chi connectivity index (χ1) is 7.58. The predicted molar refractivity (Wildman–Crippen MR) is 66.2 cm³/mol. The molecule has 5 nitrogen and oxygen atoms in total. The topological polar surface area (TPSA) is 78.9 Å². The zero-order valence-corrected chi connectivity index (χ0v) is 10.4. The molecule has 0 bridgehead atoms. The van der Waals surface area contributed by atoms with Crippen molar-refractivity contribution in [2.75, 3.05) is 18.5 Å². The van der Waals surface area contributed by atoms with Crippen LogP contribution in [0.3, 0.4) is 0 Å². The molecule has 3 N–H and O–H groups in total. The van der Waals surface area contributed by atoms with Crippen LogP contribution in [0.5, 0.6) is 0 Å². The summed E-state index contributed by atoms with van der Waals surface area (Å²) in [5.41, 5.74) is 5.45. The molecule has 1 aliphatic rings. The van der Waals surface area contributed by atoms with Gasteiger partial charge in [0.2, 0.25) is 5.13 Å². The standard InChI is InChI=1S/C10H17N5S/c1-6(8(11)12)5-15(2)10-13-9(14-16-10)7-3-4-7/h6-7H,3-5H2,1-2H3,(H3,11,12). The summed E-state index contributed by atoms with van der Waals surface area (Å²) < 4.78 is 4.36. The van der Waals surface area contributed by atoms with Gasteiger partial charge in [0.05, 0.1) is 5.84 Å². The summed E-state index contributed by atoms with van der Waals surface area (Å²) in [6, 6.07) is 0. The van der Waals surface area contributed by atoms with E-state index in [1.807, 2.05) is 18.9 Å². The maximum Gasteiger partial charge on any atom is 0.204 e. The van der Waals surface area contributed by atoms with Crippen molar-refractivity contribution in [1.82, 2.24) is 9.36 Å². The van der Waals surface area contributed by atoms with E-state index in [0.29, 0.717) is 12.5 Å². The second-order valence-electron chi connectivity index (χ2n) is 4.45. The highest BCUT2D eigenvalue weighted by molar-refractivity contribution is 7.09. The van der Waals surface area contributed by atoms with E-state index in [4.69, 9.17) is 11.1 Å². The van der Waals surface area contributed by atoms with Gasteiger partial charge in [-0.2, -0.15) is 4.37 Å². The quantitative estimate of drug-likeness (QED) is 0.601. The maximum atomic E-state index is 7.36. The Morgan fingerprint density at radius 3 is 2.94 bits per heavy atom. The molecule has 0 amide bonds. The number of hydrogen-bond acceptors (Lipinski definition) is 5. The highest BCUT2D eigenvalue weighted by Crippen LogP contribution is 2.39. The second-order valence-corrected chi connectivity index (χ2v) is 5.18. The van der Waals surface area contributed by atoms with Gasteiger partial charge < -0.3 is 10.6 Å². The molecule has 1 unspecified atom stereocenters. The molecule has 1 fully saturated rings. The Hall–Kier alpha value is -1.17. The number of aromatic nitrogens is 2. The van der Waals surface area contributed by atoms with Crippen molar-refractivity contribution in [1.29, 1.82) is 5.41 Å². The van der Waals surface area contributed by atoms with Gasteiger partial charge in [-0.05, 0) is 12.8 Å². The lowest BCUT2D eigenvalue weighted by molar-refractivity contribution is 0.726. The zero-order valence-electron chi connectivity index (χ0n) is 9.60. The van der Waals surface area contributed by atoms with Crippen molar-refractivity contribution in [2.24, 2.45) is 11.7 Å². The second kappa shape index (κ2) is 4.37. The fraction of sp³-hybridized carbons (Fsp3) is 0.700. The van der Waals surface area contributed by atoms with Crippen molar-refractivity contribution >= 4 is 22.5 Å². The Morgan fingerprint density at radius 2 is 2.38 bits per heavy atom. The van der Waals surface area contributed by atoms with Crippen molar-refractivity contribution in [2.45, 2.75) is 25.7 Å². The lowest BCUT2D eigenvalue weighted by atomic mass is 10.1. The van der Waals surface area contributed by atoms with E-state index in [1.165, 1.54) is 24.4 Å². The van der Waals surface area contributed by atoms with Gasteiger partial charge in [-0.3, -0.25) is 5.41 Å². The molecular formula is C10H17N5S. The number of nitrogens with two attached hydrogens (primary N) is 1. The van der Waals surface area contributed by atoms with E-state index in [1.54, 1.807) is 0 Å². The maximum absolute atomic E-state index is 7.36. The van der Waals surface area contributed by atoms with Crippen LogP contribution in [0.1, 0.15) is 31.5 Å². The van der Waals surface area contributed by atoms with Crippen LogP contribution in [-0.4, -0.2) is 28.8 Å². The van der Waals surface area contributed by atoms with Crippen LogP contribution < -0.4 is 10.6 Å². The van der Waals surface area contributed by atoms with Gasteiger partial charge in [0, 0.05) is 37.0 Å². The van der Waals surface area contributed by atoms with Crippen LogP contribution >= 0.6 is 11.5 Å². The Bertz CT molecular complexity index is 384. The van der Waals surface area contributed by atoms with Crippen molar-refractivity contribution in [3.05, 3.63) is 5.82 Å². The normalized spacial score (nSPS) is 17.1. The highest BCUT2D eigenvalue weighted by Gasteiger charge is 2.28. The molecule has 16 heavy (non-hydrogen) atoms. The monoisotopic (exact) mass is 239 g/mol. The van der Waals surface area contributed by atoms with Crippen LogP contribution in [0.4, 0.5) is 5.13 Å². The van der Waals surface area contributed by atoms with E-state index in [-0.39, 0.29) is 11.8 Å². The van der Waals surface area contributed by atoms with E-state index in [2.05, 4.69) is 9.36 Å². The summed E-state index contributed by atoms with van der Waals surface area (Å²) in [4.78, 5) is 6.53. The van der Waals surface area contributed by atoms with Gasteiger partial charge in [-0.25, -0.2) is 4.98 Å². The van der Waals surface area contributed by atoms with Crippen LogP contribution in [0.2, 0.25) is 0 Å². The van der Waals surface area contributed by atoms with E-state index in [0.717, 1.165) is 11.0 Å². The van der Waals surface area contributed by atoms with Gasteiger partial charge in [-0.1, -0.05) is 6.92 Å². The summed E-state index contributed by atoms with van der Waals surface area (Å²) in [5.74, 6) is 1.86. The lowest BCUT2D eigenvalue weighted by Crippen LogP contribution is -2.31. The van der Waals surface area contributed by atoms with Gasteiger partial charge in [0.15, 0.2) is 0 Å². The van der Waals surface area contributed by atoms with Crippen molar-refractivity contribution in [3.8, 4) is 0 Å². The number of nitrogens with zero attached hydrogens (tertiary/aromatic N) is 3. The molecule has 2 rings (SSSR count). The molecule has 0 radical (unpaired) electrons. The summed E-state index contributed by atoms with van der Waals surface area (Å²) in [7, 11) is 1.97. The SMILES string of the molecule is CC(CN(C)c1nc(C2CC2)ns1)C(=N)N. The molecule has 1 heterocycles. The number of nitrogens with one attached hydrogen (secondary N) is 1. The van der Waals surface area contributed by atoms with Crippen molar-refractivity contribution in [3.63, 3.8) is 0 Å². The first-order valence-corrected chi connectivity index (χ1v) is 6.24. The molecular weight excluding hydrogens is 222 g/mol. The Kier molecular flexibility index (Phi) is 3.09. The van der Waals surface area contributed by atoms with Crippen LogP contribution in [0, 0.1) is 11.3 Å². The van der Waals surface area contributed by atoms with E-state index < -0.39 is 0 Å². The first kappa shape index (κ1) is 11.3. The van der Waals surface area contributed by atoms with Gasteiger partial charge in [0.25, 0.3) is 0 Å². The molecule has 1 aromatic rings. The van der Waals surface area contributed by atoms with E-state index in [9.17, 15) is 0 Å². The van der Waals surface area contributed by atoms with Gasteiger partial charge in [0.1, 0.15) is 5.82 Å². The zero-order chi connectivity index (χ0) is 11.7. The fourth-order valence-corrected chi connectivity index (χ4v) is 2.19. The molecule has 0 aromatic carbocycles. The largest absolute Gasteiger partial charge is 0.387 e. The molecule has 1 atom stereocenters. The summed E-state index contributed by atoms with van der Waals surface area (Å²) in [6.07, 6.45) is 2.45. The number of rotatable bonds is 5. The Morgan fingerprint density at radius 1 is 1.69 bits per heavy atom. The first-order valence-electron chi connectivity index (χ1n) is 5.46. The minimum absolute atomic E-state index is 0.0540. The van der Waals surface area contributed by atoms with E-state index >= 15 is 0 Å². The van der Waals surface area contributed by atoms with Crippen LogP contribution in [-0.2, 0) is 0 Å². The smallest absolute Gasteiger partial charge is 0.204 e. The molecule has 0 saturated heterocycles. The minimum atomic E-state index is 0.0540. The molecule has 6 heteroatoms. The third-order valence-electron chi connectivity index (χ3n) is 2.78. The summed E-state index contributed by atoms with van der Waals surface area (Å²) in [5, 5.41) is 8.28. The Balaban J connectivity index is 1.96. The molecule has 0 spiro atoms. The van der Waals surface area contributed by atoms with Gasteiger partial charge >= 0.3 is 0 Å². The molecule has 1 aromatic heterocycles. The van der Waals surface area contributed by atoms with Crippen LogP contribution in [0.25, 0.3) is 0 Å². The Labute approximate surface area is 99.4 Å². The van der Waals surface area contributed by atoms with Crippen molar-refractivity contribution < 1.29 is 0 Å². The number of amidine groups is 1. The number of hydrogen-bond donors (Lipinski definition) is 2. The van der Waals surface area contributed by atoms with Crippen LogP contribution in [0.15, 0.2) is 0 Å². The third kappa shape index (κ3) is 2.49. The highest BCUT2D eigenvalue weighted by atomic mass is 32.1. The minimum Gasteiger partial charge on any atom is -0.387 e. The summed E-state index contributed by atoms with van der Waals surface area (Å²) in [6.45, 7) is 2.66. The lowest BCUT2D eigenvalue weighted by Gasteiger charge is -2.19. The molecule has 1 saturated carbocycles. The predicted octanol–water partition coefficient (Wildman–Crippen LogP) is 1.42. The summed E-state index contributed by atoms with van der Waals surface area (Å²) >= 11 is 1.43. The fourth-order valence-electron chi connectivity index (χ4n) is 1.48. The molecule has 0 aliphatic heterocycles. The average Bonchev–Trinajstić information content (AvgIpc) is 2.96. The third-order valence-corrected chi connectivity index (χ3v) is 3.62. The number of anilines is 1. The molecule has 88 valence electrons. The molecule has 1 aliphatic carbocycles. The average molecular weight is 239 g/mol.